The fourth-order valence-electron chi connectivity index (χ4n) is 2.83. The highest BCUT2D eigenvalue weighted by Gasteiger charge is 2.20. The van der Waals surface area contributed by atoms with Gasteiger partial charge in [0.15, 0.2) is 0 Å². The fourth-order valence-corrected chi connectivity index (χ4v) is 3.64. The maximum atomic E-state index is 5.62. The van der Waals surface area contributed by atoms with E-state index in [2.05, 4.69) is 32.1 Å². The monoisotopic (exact) mass is 347 g/mol. The molecule has 3 heterocycles. The predicted octanol–water partition coefficient (Wildman–Crippen LogP) is 2.66. The Bertz CT molecular complexity index is 654. The van der Waals surface area contributed by atoms with Crippen LogP contribution >= 0.6 is 11.3 Å². The van der Waals surface area contributed by atoms with E-state index >= 15 is 0 Å². The number of aryl methyl sites for hydroxylation is 1. The molecule has 0 amide bonds. The van der Waals surface area contributed by atoms with Crippen molar-refractivity contribution < 1.29 is 4.74 Å². The number of hydrogen-bond acceptors (Lipinski definition) is 7. The van der Waals surface area contributed by atoms with E-state index in [-0.39, 0.29) is 6.10 Å². The Labute approximate surface area is 147 Å². The fraction of sp³-hybridized carbons (Fsp3) is 0.588. The summed E-state index contributed by atoms with van der Waals surface area (Å²) in [5, 5.41) is 3.22. The van der Waals surface area contributed by atoms with Gasteiger partial charge in [-0.25, -0.2) is 15.0 Å². The van der Waals surface area contributed by atoms with Crippen molar-refractivity contribution >= 4 is 17.3 Å². The second-order valence-corrected chi connectivity index (χ2v) is 6.93. The van der Waals surface area contributed by atoms with Gasteiger partial charge in [0.05, 0.1) is 5.69 Å². The van der Waals surface area contributed by atoms with Crippen molar-refractivity contribution in [2.24, 2.45) is 0 Å². The van der Waals surface area contributed by atoms with Gasteiger partial charge >= 0.3 is 0 Å². The van der Waals surface area contributed by atoms with Crippen LogP contribution in [-0.4, -0.2) is 52.6 Å². The van der Waals surface area contributed by atoms with Crippen molar-refractivity contribution in [2.45, 2.75) is 33.4 Å². The predicted molar refractivity (Wildman–Crippen MR) is 96.4 cm³/mol. The molecule has 0 aromatic carbocycles. The number of nitrogens with zero attached hydrogens (tertiary/aromatic N) is 5. The second-order valence-electron chi connectivity index (χ2n) is 6.04. The van der Waals surface area contributed by atoms with Crippen LogP contribution in [0.2, 0.25) is 0 Å². The minimum atomic E-state index is 0.0871. The van der Waals surface area contributed by atoms with Crippen molar-refractivity contribution in [3.63, 3.8) is 0 Å². The molecule has 0 N–H and O–H groups in total. The van der Waals surface area contributed by atoms with Crippen LogP contribution in [0.1, 0.15) is 36.3 Å². The summed E-state index contributed by atoms with van der Waals surface area (Å²) in [5.74, 6) is 0.844. The Balaban J connectivity index is 1.52. The summed E-state index contributed by atoms with van der Waals surface area (Å²) in [6, 6.07) is 1.93. The second kappa shape index (κ2) is 8.00. The Morgan fingerprint density at radius 1 is 1.25 bits per heavy atom. The van der Waals surface area contributed by atoms with Crippen LogP contribution in [0.5, 0.6) is 0 Å². The average molecular weight is 347 g/mol. The largest absolute Gasteiger partial charge is 0.372 e. The van der Waals surface area contributed by atoms with Gasteiger partial charge in [0.1, 0.15) is 11.1 Å². The van der Waals surface area contributed by atoms with Gasteiger partial charge in [0.2, 0.25) is 5.95 Å². The van der Waals surface area contributed by atoms with E-state index in [0.29, 0.717) is 0 Å². The maximum Gasteiger partial charge on any atom is 0.225 e. The lowest BCUT2D eigenvalue weighted by Crippen LogP contribution is -2.46. The van der Waals surface area contributed by atoms with Gasteiger partial charge in [-0.05, 0) is 26.8 Å². The molecule has 1 saturated heterocycles. The molecule has 1 unspecified atom stereocenters. The number of hydrogen-bond donors (Lipinski definition) is 0. The van der Waals surface area contributed by atoms with E-state index in [1.54, 1.807) is 11.3 Å². The SMILES string of the molecule is CCOC(C)c1nc(CN2CCN(c3nccc(C)n3)CC2)cs1. The molecule has 3 rings (SSSR count). The van der Waals surface area contributed by atoms with Crippen LogP contribution in [0, 0.1) is 6.92 Å². The molecule has 7 heteroatoms. The first kappa shape index (κ1) is 17.3. The van der Waals surface area contributed by atoms with Crippen molar-refractivity contribution in [3.8, 4) is 0 Å². The first-order valence-corrected chi connectivity index (χ1v) is 9.36. The third-order valence-corrected chi connectivity index (χ3v) is 5.21. The zero-order valence-corrected chi connectivity index (χ0v) is 15.4. The highest BCUT2D eigenvalue weighted by molar-refractivity contribution is 7.09. The third-order valence-electron chi connectivity index (χ3n) is 4.16. The molecule has 0 aliphatic carbocycles. The minimum absolute atomic E-state index is 0.0871. The van der Waals surface area contributed by atoms with Gasteiger partial charge in [-0.3, -0.25) is 4.90 Å². The summed E-state index contributed by atoms with van der Waals surface area (Å²) in [7, 11) is 0. The molecule has 24 heavy (non-hydrogen) atoms. The van der Waals surface area contributed by atoms with Gasteiger partial charge in [0.25, 0.3) is 0 Å². The summed E-state index contributed by atoms with van der Waals surface area (Å²) in [6.07, 6.45) is 1.92. The first-order chi connectivity index (χ1) is 11.7. The summed E-state index contributed by atoms with van der Waals surface area (Å²) in [5.41, 5.74) is 2.16. The van der Waals surface area contributed by atoms with Crippen molar-refractivity contribution in [3.05, 3.63) is 34.0 Å². The van der Waals surface area contributed by atoms with E-state index < -0.39 is 0 Å². The summed E-state index contributed by atoms with van der Waals surface area (Å²) >= 11 is 1.69. The summed E-state index contributed by atoms with van der Waals surface area (Å²) in [6.45, 7) is 11.6. The quantitative estimate of drug-likeness (QED) is 0.801. The summed E-state index contributed by atoms with van der Waals surface area (Å²) in [4.78, 5) is 18.3. The topological polar surface area (TPSA) is 54.4 Å². The van der Waals surface area contributed by atoms with Gasteiger partial charge in [-0.2, -0.15) is 0 Å². The molecule has 2 aromatic heterocycles. The standard InChI is InChI=1S/C17H25N5OS/c1-4-23-14(3)16-20-15(12-24-16)11-21-7-9-22(10-8-21)17-18-6-5-13(2)19-17/h5-6,12,14H,4,7-11H2,1-3H3. The molecule has 130 valence electrons. The van der Waals surface area contributed by atoms with Gasteiger partial charge in [-0.1, -0.05) is 0 Å². The molecule has 1 atom stereocenters. The maximum absolute atomic E-state index is 5.62. The van der Waals surface area contributed by atoms with Gasteiger partial charge < -0.3 is 9.64 Å². The van der Waals surface area contributed by atoms with Gasteiger partial charge in [-0.15, -0.1) is 11.3 Å². The van der Waals surface area contributed by atoms with Crippen LogP contribution in [-0.2, 0) is 11.3 Å². The molecule has 0 saturated carbocycles. The van der Waals surface area contributed by atoms with E-state index in [1.807, 2.05) is 26.1 Å². The zero-order valence-electron chi connectivity index (χ0n) is 14.6. The zero-order chi connectivity index (χ0) is 16.9. The Morgan fingerprint density at radius 3 is 2.75 bits per heavy atom. The number of rotatable bonds is 6. The number of aromatic nitrogens is 3. The van der Waals surface area contributed by atoms with E-state index in [0.717, 1.165) is 61.7 Å². The molecule has 0 spiro atoms. The summed E-state index contributed by atoms with van der Waals surface area (Å²) < 4.78 is 5.62. The van der Waals surface area contributed by atoms with Crippen molar-refractivity contribution in [2.75, 3.05) is 37.7 Å². The highest BCUT2D eigenvalue weighted by atomic mass is 32.1. The number of piperazine rings is 1. The molecular weight excluding hydrogens is 322 g/mol. The number of anilines is 1. The van der Waals surface area contributed by atoms with E-state index in [9.17, 15) is 0 Å². The normalized spacial score (nSPS) is 17.2. The molecule has 2 aromatic rings. The Kier molecular flexibility index (Phi) is 5.76. The van der Waals surface area contributed by atoms with Crippen LogP contribution in [0.4, 0.5) is 5.95 Å². The van der Waals surface area contributed by atoms with Crippen LogP contribution in [0.3, 0.4) is 0 Å². The van der Waals surface area contributed by atoms with Crippen LogP contribution < -0.4 is 4.90 Å². The van der Waals surface area contributed by atoms with Gasteiger partial charge in [0, 0.05) is 56.6 Å². The van der Waals surface area contributed by atoms with Crippen LogP contribution in [0.15, 0.2) is 17.6 Å². The molecular formula is C17H25N5OS. The highest BCUT2D eigenvalue weighted by Crippen LogP contribution is 2.22. The Morgan fingerprint density at radius 2 is 2.04 bits per heavy atom. The molecule has 0 bridgehead atoms. The van der Waals surface area contributed by atoms with Crippen molar-refractivity contribution in [1.82, 2.24) is 19.9 Å². The van der Waals surface area contributed by atoms with E-state index in [1.165, 1.54) is 0 Å². The number of ether oxygens (including phenoxy) is 1. The molecule has 0 radical (unpaired) electrons. The number of thiazole rings is 1. The molecule has 1 aliphatic heterocycles. The minimum Gasteiger partial charge on any atom is -0.372 e. The molecule has 6 nitrogen and oxygen atoms in total. The van der Waals surface area contributed by atoms with Crippen molar-refractivity contribution in [1.29, 1.82) is 0 Å². The van der Waals surface area contributed by atoms with E-state index in [4.69, 9.17) is 9.72 Å². The lowest BCUT2D eigenvalue weighted by molar-refractivity contribution is 0.0760. The smallest absolute Gasteiger partial charge is 0.225 e. The lowest BCUT2D eigenvalue weighted by atomic mass is 10.3. The van der Waals surface area contributed by atoms with Crippen LogP contribution in [0.25, 0.3) is 0 Å². The third kappa shape index (κ3) is 4.28. The molecule has 1 aliphatic rings. The first-order valence-electron chi connectivity index (χ1n) is 8.48. The average Bonchev–Trinajstić information content (AvgIpc) is 3.04. The lowest BCUT2D eigenvalue weighted by Gasteiger charge is -2.34. The molecule has 1 fully saturated rings. The Hall–Kier alpha value is -1.57.